The maximum absolute atomic E-state index is 11.2. The smallest absolute Gasteiger partial charge is 0.323 e. The van der Waals surface area contributed by atoms with E-state index in [0.29, 0.717) is 0 Å². The van der Waals surface area contributed by atoms with Gasteiger partial charge in [0, 0.05) is 6.42 Å². The third kappa shape index (κ3) is 5.53. The first-order chi connectivity index (χ1) is 6.47. The number of nitrogens with two attached hydrogens (primary N) is 2. The third-order valence-electron chi connectivity index (χ3n) is 1.90. The summed E-state index contributed by atoms with van der Waals surface area (Å²) in [6, 6.07) is -0.753. The van der Waals surface area contributed by atoms with Gasteiger partial charge in [-0.2, -0.15) is 0 Å². The molecule has 5 heteroatoms. The number of esters is 1. The Balaban J connectivity index is 3.81. The Morgan fingerprint density at radius 3 is 2.43 bits per heavy atom. The van der Waals surface area contributed by atoms with E-state index >= 15 is 0 Å². The highest BCUT2D eigenvalue weighted by Gasteiger charge is 2.17. The van der Waals surface area contributed by atoms with Crippen LogP contribution in [-0.2, 0) is 14.3 Å². The SMILES string of the molecule is CCC(C)OC(=O)[C@@H](N)CCC(N)=O. The highest BCUT2D eigenvalue weighted by Crippen LogP contribution is 2.01. The summed E-state index contributed by atoms with van der Waals surface area (Å²) < 4.78 is 4.98. The maximum Gasteiger partial charge on any atom is 0.323 e. The second kappa shape index (κ2) is 6.37. The van der Waals surface area contributed by atoms with Crippen LogP contribution in [0.25, 0.3) is 0 Å². The van der Waals surface area contributed by atoms with Crippen LogP contribution >= 0.6 is 0 Å². The van der Waals surface area contributed by atoms with Crippen molar-refractivity contribution in [1.82, 2.24) is 0 Å². The van der Waals surface area contributed by atoms with Crippen LogP contribution in [0.4, 0.5) is 0 Å². The van der Waals surface area contributed by atoms with Crippen LogP contribution in [0.3, 0.4) is 0 Å². The average Bonchev–Trinajstić information content (AvgIpc) is 2.13. The Kier molecular flexibility index (Phi) is 5.87. The van der Waals surface area contributed by atoms with Crippen LogP contribution in [-0.4, -0.2) is 24.0 Å². The lowest BCUT2D eigenvalue weighted by Crippen LogP contribution is -2.35. The Morgan fingerprint density at radius 1 is 1.43 bits per heavy atom. The number of amides is 1. The van der Waals surface area contributed by atoms with E-state index in [1.165, 1.54) is 0 Å². The molecule has 0 saturated carbocycles. The average molecular weight is 202 g/mol. The molecule has 0 saturated heterocycles. The Labute approximate surface area is 83.8 Å². The highest BCUT2D eigenvalue weighted by atomic mass is 16.5. The van der Waals surface area contributed by atoms with E-state index in [4.69, 9.17) is 16.2 Å². The molecule has 4 N–H and O–H groups in total. The van der Waals surface area contributed by atoms with Gasteiger partial charge in [0.25, 0.3) is 0 Å². The highest BCUT2D eigenvalue weighted by molar-refractivity contribution is 5.78. The van der Waals surface area contributed by atoms with Crippen LogP contribution in [0.15, 0.2) is 0 Å². The van der Waals surface area contributed by atoms with Crippen LogP contribution < -0.4 is 11.5 Å². The summed E-state index contributed by atoms with van der Waals surface area (Å²) in [5.74, 6) is -0.933. The number of carbonyl (C=O) groups excluding carboxylic acids is 2. The number of primary amides is 1. The zero-order chi connectivity index (χ0) is 11.1. The molecule has 0 aliphatic heterocycles. The zero-order valence-corrected chi connectivity index (χ0v) is 8.66. The molecule has 0 radical (unpaired) electrons. The molecule has 0 aromatic rings. The Bertz CT molecular complexity index is 206. The zero-order valence-electron chi connectivity index (χ0n) is 8.66. The standard InChI is InChI=1S/C9H18N2O3/c1-3-6(2)14-9(13)7(10)4-5-8(11)12/h6-7H,3-5,10H2,1-2H3,(H2,11,12)/t6?,7-/m0/s1. The first-order valence-electron chi connectivity index (χ1n) is 4.71. The van der Waals surface area contributed by atoms with Gasteiger partial charge in [-0.05, 0) is 19.8 Å². The van der Waals surface area contributed by atoms with Crippen molar-refractivity contribution in [2.75, 3.05) is 0 Å². The van der Waals surface area contributed by atoms with Gasteiger partial charge in [0.1, 0.15) is 6.04 Å². The molecule has 14 heavy (non-hydrogen) atoms. The van der Waals surface area contributed by atoms with Gasteiger partial charge >= 0.3 is 5.97 Å². The molecule has 0 spiro atoms. The van der Waals surface area contributed by atoms with Crippen molar-refractivity contribution < 1.29 is 14.3 Å². The molecule has 1 unspecified atom stereocenters. The summed E-state index contributed by atoms with van der Waals surface area (Å²) in [6.45, 7) is 3.70. The van der Waals surface area contributed by atoms with Crippen molar-refractivity contribution >= 4 is 11.9 Å². The van der Waals surface area contributed by atoms with Gasteiger partial charge in [0.15, 0.2) is 0 Å². The summed E-state index contributed by atoms with van der Waals surface area (Å²) in [4.78, 5) is 21.6. The van der Waals surface area contributed by atoms with Crippen LogP contribution in [0.5, 0.6) is 0 Å². The van der Waals surface area contributed by atoms with Gasteiger partial charge in [-0.25, -0.2) is 0 Å². The summed E-state index contributed by atoms with van der Waals surface area (Å²) >= 11 is 0. The fraction of sp³-hybridized carbons (Fsp3) is 0.778. The molecule has 2 atom stereocenters. The van der Waals surface area contributed by atoms with Crippen LogP contribution in [0.2, 0.25) is 0 Å². The maximum atomic E-state index is 11.2. The first-order valence-corrected chi connectivity index (χ1v) is 4.71. The van der Waals surface area contributed by atoms with Gasteiger partial charge < -0.3 is 16.2 Å². The molecule has 1 amide bonds. The minimum absolute atomic E-state index is 0.108. The number of hydrogen-bond acceptors (Lipinski definition) is 4. The number of carbonyl (C=O) groups is 2. The van der Waals surface area contributed by atoms with Crippen molar-refractivity contribution in [2.45, 2.75) is 45.3 Å². The largest absolute Gasteiger partial charge is 0.462 e. The van der Waals surface area contributed by atoms with E-state index in [0.717, 1.165) is 6.42 Å². The predicted molar refractivity (Wildman–Crippen MR) is 52.2 cm³/mol. The van der Waals surface area contributed by atoms with E-state index in [9.17, 15) is 9.59 Å². The summed E-state index contributed by atoms with van der Waals surface area (Å²) in [7, 11) is 0. The molecule has 0 aliphatic rings. The summed E-state index contributed by atoms with van der Waals surface area (Å²) in [5.41, 5.74) is 10.4. The van der Waals surface area contributed by atoms with Crippen LogP contribution in [0, 0.1) is 0 Å². The van der Waals surface area contributed by atoms with Gasteiger partial charge in [-0.3, -0.25) is 9.59 Å². The Hall–Kier alpha value is -1.10. The summed E-state index contributed by atoms with van der Waals surface area (Å²) in [5, 5.41) is 0. The lowest BCUT2D eigenvalue weighted by atomic mass is 10.1. The normalized spacial score (nSPS) is 14.5. The number of hydrogen-bond donors (Lipinski definition) is 2. The van der Waals surface area contributed by atoms with Gasteiger partial charge in [-0.1, -0.05) is 6.92 Å². The fourth-order valence-corrected chi connectivity index (χ4v) is 0.785. The van der Waals surface area contributed by atoms with Gasteiger partial charge in [0.05, 0.1) is 6.10 Å². The second-order valence-corrected chi connectivity index (χ2v) is 3.27. The van der Waals surface area contributed by atoms with Crippen LogP contribution in [0.1, 0.15) is 33.1 Å². The van der Waals surface area contributed by atoms with Crippen molar-refractivity contribution in [1.29, 1.82) is 0 Å². The molecule has 0 heterocycles. The van der Waals surface area contributed by atoms with Gasteiger partial charge in [-0.15, -0.1) is 0 Å². The molecule has 0 fully saturated rings. The molecular weight excluding hydrogens is 184 g/mol. The number of rotatable bonds is 6. The monoisotopic (exact) mass is 202 g/mol. The first kappa shape index (κ1) is 12.9. The van der Waals surface area contributed by atoms with E-state index in [2.05, 4.69) is 0 Å². The second-order valence-electron chi connectivity index (χ2n) is 3.27. The van der Waals surface area contributed by atoms with Crippen molar-refractivity contribution in [2.24, 2.45) is 11.5 Å². The van der Waals surface area contributed by atoms with E-state index in [1.807, 2.05) is 6.92 Å². The summed E-state index contributed by atoms with van der Waals surface area (Å²) in [6.07, 6.45) is 0.956. The lowest BCUT2D eigenvalue weighted by molar-refractivity contribution is -0.150. The molecule has 0 rings (SSSR count). The van der Waals surface area contributed by atoms with Crippen molar-refractivity contribution in [3.63, 3.8) is 0 Å². The topological polar surface area (TPSA) is 95.4 Å². The molecule has 0 aromatic heterocycles. The Morgan fingerprint density at radius 2 is 2.00 bits per heavy atom. The minimum Gasteiger partial charge on any atom is -0.462 e. The van der Waals surface area contributed by atoms with Gasteiger partial charge in [0.2, 0.25) is 5.91 Å². The van der Waals surface area contributed by atoms with Crippen molar-refractivity contribution in [3.05, 3.63) is 0 Å². The molecule has 5 nitrogen and oxygen atoms in total. The van der Waals surface area contributed by atoms with E-state index in [1.54, 1.807) is 6.92 Å². The molecule has 0 bridgehead atoms. The lowest BCUT2D eigenvalue weighted by Gasteiger charge is -2.14. The number of ether oxygens (including phenoxy) is 1. The fourth-order valence-electron chi connectivity index (χ4n) is 0.785. The molecular formula is C9H18N2O3. The predicted octanol–water partition coefficient (Wildman–Crippen LogP) is -0.0791. The molecule has 82 valence electrons. The van der Waals surface area contributed by atoms with E-state index < -0.39 is 17.9 Å². The van der Waals surface area contributed by atoms with Crippen molar-refractivity contribution in [3.8, 4) is 0 Å². The van der Waals surface area contributed by atoms with E-state index in [-0.39, 0.29) is 18.9 Å². The molecule has 0 aromatic carbocycles. The third-order valence-corrected chi connectivity index (χ3v) is 1.90. The minimum atomic E-state index is -0.753. The molecule has 0 aliphatic carbocycles. The quantitative estimate of drug-likeness (QED) is 0.589.